The SMILES string of the molecule is CC(=O)NC1C(CCN)CC(C)(C)OC1C(O)C(COP)OP. The third-order valence-corrected chi connectivity index (χ3v) is 4.67. The zero-order valence-corrected chi connectivity index (χ0v) is 16.3. The molecule has 7 atom stereocenters. The molecule has 1 aliphatic rings. The van der Waals surface area contributed by atoms with Crippen LogP contribution in [0.5, 0.6) is 0 Å². The summed E-state index contributed by atoms with van der Waals surface area (Å²) in [6.45, 7) is 6.10. The van der Waals surface area contributed by atoms with Gasteiger partial charge in [0.15, 0.2) is 0 Å². The van der Waals surface area contributed by atoms with Gasteiger partial charge in [-0.05, 0) is 39.2 Å². The normalized spacial score (nSPS) is 29.8. The van der Waals surface area contributed by atoms with Crippen LogP contribution in [0.15, 0.2) is 0 Å². The van der Waals surface area contributed by atoms with E-state index in [1.54, 1.807) is 0 Å². The van der Waals surface area contributed by atoms with E-state index in [1.807, 2.05) is 13.8 Å². The van der Waals surface area contributed by atoms with Gasteiger partial charge in [-0.2, -0.15) is 0 Å². The van der Waals surface area contributed by atoms with Crippen molar-refractivity contribution in [1.82, 2.24) is 5.32 Å². The van der Waals surface area contributed by atoms with Crippen LogP contribution in [0.1, 0.15) is 33.6 Å². The monoisotopic (exact) mass is 368 g/mol. The van der Waals surface area contributed by atoms with Gasteiger partial charge in [0, 0.05) is 25.9 Å². The van der Waals surface area contributed by atoms with E-state index in [2.05, 4.69) is 24.3 Å². The highest BCUT2D eigenvalue weighted by atomic mass is 31.0. The summed E-state index contributed by atoms with van der Waals surface area (Å²) >= 11 is 0. The summed E-state index contributed by atoms with van der Waals surface area (Å²) in [6.07, 6.45) is -0.654. The van der Waals surface area contributed by atoms with Crippen LogP contribution >= 0.6 is 18.9 Å². The minimum atomic E-state index is -0.954. The standard InChI is InChI=1S/C14H30N2O5P2/c1-8(17)16-11-9(4-5-15)6-14(2,3)20-13(11)12(18)10(21-23)7-19-22/h9-13,18H,4-7,15,22-23H2,1-3H3,(H,16,17). The van der Waals surface area contributed by atoms with Crippen LogP contribution in [0, 0.1) is 5.92 Å². The molecule has 0 saturated carbocycles. The Balaban J connectivity index is 3.05. The predicted octanol–water partition coefficient (Wildman–Crippen LogP) is 0.367. The van der Waals surface area contributed by atoms with Gasteiger partial charge < -0.3 is 29.9 Å². The van der Waals surface area contributed by atoms with Gasteiger partial charge in [0.05, 0.1) is 18.2 Å². The Morgan fingerprint density at radius 2 is 2.17 bits per heavy atom. The van der Waals surface area contributed by atoms with Crippen molar-refractivity contribution < 1.29 is 23.7 Å². The van der Waals surface area contributed by atoms with Gasteiger partial charge in [-0.15, -0.1) is 0 Å². The number of aliphatic hydroxyl groups is 1. The molecule has 0 spiro atoms. The summed E-state index contributed by atoms with van der Waals surface area (Å²) in [5, 5.41) is 13.6. The highest BCUT2D eigenvalue weighted by molar-refractivity contribution is 7.10. The number of carbonyl (C=O) groups is 1. The topological polar surface area (TPSA) is 103 Å². The van der Waals surface area contributed by atoms with Gasteiger partial charge in [0.2, 0.25) is 5.91 Å². The highest BCUT2D eigenvalue weighted by Crippen LogP contribution is 2.36. The number of ether oxygens (including phenoxy) is 1. The third kappa shape index (κ3) is 6.17. The smallest absolute Gasteiger partial charge is 0.217 e. The van der Waals surface area contributed by atoms with Crippen LogP contribution < -0.4 is 11.1 Å². The van der Waals surface area contributed by atoms with Crippen molar-refractivity contribution in [3.63, 3.8) is 0 Å². The molecule has 7 nitrogen and oxygen atoms in total. The Hall–Kier alpha value is 0.130. The molecule has 0 aromatic carbocycles. The number of hydrogen-bond acceptors (Lipinski definition) is 6. The lowest BCUT2D eigenvalue weighted by Crippen LogP contribution is -2.62. The Morgan fingerprint density at radius 1 is 1.52 bits per heavy atom. The zero-order valence-electron chi connectivity index (χ0n) is 14.0. The molecule has 0 aromatic rings. The van der Waals surface area contributed by atoms with Crippen molar-refractivity contribution in [2.45, 2.75) is 63.6 Å². The molecular formula is C14H30N2O5P2. The van der Waals surface area contributed by atoms with Gasteiger partial charge in [-0.1, -0.05) is 0 Å². The highest BCUT2D eigenvalue weighted by Gasteiger charge is 2.47. The second kappa shape index (κ2) is 9.57. The molecule has 136 valence electrons. The predicted molar refractivity (Wildman–Crippen MR) is 94.6 cm³/mol. The number of nitrogens with one attached hydrogen (secondary N) is 1. The van der Waals surface area contributed by atoms with E-state index in [4.69, 9.17) is 19.5 Å². The average Bonchev–Trinajstić information content (AvgIpc) is 2.46. The lowest BCUT2D eigenvalue weighted by atomic mass is 9.77. The fraction of sp³-hybridized carbons (Fsp3) is 0.929. The Kier molecular flexibility index (Phi) is 8.81. The van der Waals surface area contributed by atoms with Gasteiger partial charge in [0.25, 0.3) is 0 Å². The lowest BCUT2D eigenvalue weighted by molar-refractivity contribution is -0.195. The minimum absolute atomic E-state index is 0.120. The number of carbonyl (C=O) groups excluding carboxylic acids is 1. The van der Waals surface area contributed by atoms with E-state index >= 15 is 0 Å². The maximum Gasteiger partial charge on any atom is 0.217 e. The molecule has 0 bridgehead atoms. The molecule has 4 N–H and O–H groups in total. The number of hydrogen-bond donors (Lipinski definition) is 3. The quantitative estimate of drug-likeness (QED) is 0.535. The zero-order chi connectivity index (χ0) is 17.6. The van der Waals surface area contributed by atoms with E-state index in [1.165, 1.54) is 6.92 Å². The summed E-state index contributed by atoms with van der Waals surface area (Å²) in [7, 11) is 4.27. The minimum Gasteiger partial charge on any atom is -0.388 e. The molecule has 1 amide bonds. The van der Waals surface area contributed by atoms with Crippen molar-refractivity contribution in [2.75, 3.05) is 13.2 Å². The summed E-state index contributed by atoms with van der Waals surface area (Å²) < 4.78 is 16.3. The Labute approximate surface area is 142 Å². The van der Waals surface area contributed by atoms with Gasteiger partial charge >= 0.3 is 0 Å². The molecule has 7 unspecified atom stereocenters. The fourth-order valence-corrected chi connectivity index (χ4v) is 3.68. The Morgan fingerprint density at radius 3 is 2.65 bits per heavy atom. The van der Waals surface area contributed by atoms with Gasteiger partial charge in [-0.3, -0.25) is 4.79 Å². The molecule has 23 heavy (non-hydrogen) atoms. The van der Waals surface area contributed by atoms with Crippen molar-refractivity contribution >= 4 is 24.8 Å². The molecule has 1 rings (SSSR count). The molecule has 0 radical (unpaired) electrons. The molecule has 1 aliphatic heterocycles. The number of nitrogens with two attached hydrogens (primary N) is 1. The summed E-state index contributed by atoms with van der Waals surface area (Å²) in [5.74, 6) is -0.0439. The number of aliphatic hydroxyl groups excluding tert-OH is 1. The molecular weight excluding hydrogens is 338 g/mol. The first-order valence-corrected chi connectivity index (χ1v) is 8.70. The van der Waals surface area contributed by atoms with Crippen molar-refractivity contribution in [3.8, 4) is 0 Å². The number of amides is 1. The molecule has 9 heteroatoms. The number of rotatable bonds is 8. The third-order valence-electron chi connectivity index (χ3n) is 4.13. The molecule has 1 saturated heterocycles. The first kappa shape index (κ1) is 21.2. The van der Waals surface area contributed by atoms with Gasteiger partial charge in [-0.25, -0.2) is 0 Å². The van der Waals surface area contributed by atoms with E-state index in [0.717, 1.165) is 12.8 Å². The average molecular weight is 368 g/mol. The first-order valence-electron chi connectivity index (χ1n) is 7.76. The van der Waals surface area contributed by atoms with Crippen LogP contribution in [0.2, 0.25) is 0 Å². The second-order valence-corrected chi connectivity index (χ2v) is 7.21. The largest absolute Gasteiger partial charge is 0.388 e. The maximum atomic E-state index is 11.6. The molecule has 0 aromatic heterocycles. The van der Waals surface area contributed by atoms with Crippen LogP contribution in [-0.2, 0) is 18.6 Å². The summed E-state index contributed by atoms with van der Waals surface area (Å²) in [5.41, 5.74) is 5.31. The first-order chi connectivity index (χ1) is 10.8. The van der Waals surface area contributed by atoms with Crippen LogP contribution in [0.3, 0.4) is 0 Å². The lowest BCUT2D eigenvalue weighted by Gasteiger charge is -2.48. The van der Waals surface area contributed by atoms with E-state index in [-0.39, 0.29) is 24.5 Å². The van der Waals surface area contributed by atoms with Crippen molar-refractivity contribution in [1.29, 1.82) is 0 Å². The van der Waals surface area contributed by atoms with E-state index < -0.39 is 23.9 Å². The summed E-state index contributed by atoms with van der Waals surface area (Å²) in [6, 6.07) is -0.328. The van der Waals surface area contributed by atoms with Crippen molar-refractivity contribution in [3.05, 3.63) is 0 Å². The maximum absolute atomic E-state index is 11.6. The van der Waals surface area contributed by atoms with E-state index in [9.17, 15) is 9.90 Å². The van der Waals surface area contributed by atoms with Crippen LogP contribution in [0.4, 0.5) is 0 Å². The fourth-order valence-electron chi connectivity index (χ4n) is 3.25. The Bertz CT molecular complexity index is 386. The van der Waals surface area contributed by atoms with Crippen LogP contribution in [0.25, 0.3) is 0 Å². The molecule has 1 heterocycles. The molecule has 1 fully saturated rings. The van der Waals surface area contributed by atoms with E-state index in [0.29, 0.717) is 6.54 Å². The van der Waals surface area contributed by atoms with Gasteiger partial charge in [0.1, 0.15) is 18.3 Å². The second-order valence-electron chi connectivity index (χ2n) is 6.61. The summed E-state index contributed by atoms with van der Waals surface area (Å²) in [4.78, 5) is 11.6. The molecule has 0 aliphatic carbocycles. The van der Waals surface area contributed by atoms with Crippen LogP contribution in [-0.4, -0.2) is 54.1 Å². The van der Waals surface area contributed by atoms with Crippen molar-refractivity contribution in [2.24, 2.45) is 11.7 Å².